The molecule has 1 unspecified atom stereocenters. The topological polar surface area (TPSA) is 35.5 Å². The summed E-state index contributed by atoms with van der Waals surface area (Å²) < 4.78 is 9.94. The fraction of sp³-hybridized carbons (Fsp3) is 0.417. The number of carbonyl (C=O) groups excluding carboxylic acids is 1. The highest BCUT2D eigenvalue weighted by atomic mass is 16.5. The third kappa shape index (κ3) is 3.27. The minimum atomic E-state index is -0.192. The Kier molecular flexibility index (Phi) is 4.16. The van der Waals surface area contributed by atoms with E-state index in [-0.39, 0.29) is 11.9 Å². The van der Waals surface area contributed by atoms with Gasteiger partial charge in [-0.1, -0.05) is 12.7 Å². The van der Waals surface area contributed by atoms with Gasteiger partial charge in [0.15, 0.2) is 0 Å². The highest BCUT2D eigenvalue weighted by Gasteiger charge is 2.17. The second kappa shape index (κ2) is 5.39. The number of methoxy groups -OCH3 is 1. The Morgan fingerprint density at radius 3 is 2.87 bits per heavy atom. The Labute approximate surface area is 90.1 Å². The lowest BCUT2D eigenvalue weighted by Crippen LogP contribution is -2.12. The monoisotopic (exact) mass is 208 g/mol. The zero-order valence-electron chi connectivity index (χ0n) is 9.16. The van der Waals surface area contributed by atoms with Crippen molar-refractivity contribution in [2.45, 2.75) is 13.3 Å². The smallest absolute Gasteiger partial charge is 0.306 e. The molecule has 1 rings (SSSR count). The summed E-state index contributed by atoms with van der Waals surface area (Å²) in [5.74, 6) is 0.602. The van der Waals surface area contributed by atoms with Crippen LogP contribution < -0.4 is 0 Å². The number of hydrogen-bond donors (Lipinski definition) is 0. The molecule has 0 aliphatic heterocycles. The maximum atomic E-state index is 11.3. The molecule has 0 aromatic carbocycles. The van der Waals surface area contributed by atoms with Crippen LogP contribution in [0.4, 0.5) is 0 Å². The Bertz CT molecular complexity index is 313. The first-order valence-corrected chi connectivity index (χ1v) is 4.95. The SMILES string of the molecule is C=C1C=C(OC)C=CC1CC(=O)OCC. The Hall–Kier alpha value is -1.51. The molecule has 1 atom stereocenters. The zero-order chi connectivity index (χ0) is 11.3. The van der Waals surface area contributed by atoms with Crippen LogP contribution in [0.3, 0.4) is 0 Å². The predicted octanol–water partition coefficient (Wildman–Crippen LogP) is 2.21. The highest BCUT2D eigenvalue weighted by molar-refractivity contribution is 5.70. The molecule has 0 amide bonds. The van der Waals surface area contributed by atoms with E-state index >= 15 is 0 Å². The lowest BCUT2D eigenvalue weighted by atomic mass is 9.92. The Balaban J connectivity index is 2.54. The van der Waals surface area contributed by atoms with E-state index in [1.165, 1.54) is 0 Å². The highest BCUT2D eigenvalue weighted by Crippen LogP contribution is 2.24. The normalized spacial score (nSPS) is 19.7. The van der Waals surface area contributed by atoms with E-state index in [4.69, 9.17) is 9.47 Å². The van der Waals surface area contributed by atoms with Crippen LogP contribution in [0.5, 0.6) is 0 Å². The van der Waals surface area contributed by atoms with Crippen molar-refractivity contribution in [1.29, 1.82) is 0 Å². The van der Waals surface area contributed by atoms with E-state index in [0.29, 0.717) is 13.0 Å². The molecule has 0 saturated heterocycles. The molecule has 0 fully saturated rings. The maximum Gasteiger partial charge on any atom is 0.306 e. The van der Waals surface area contributed by atoms with Crippen molar-refractivity contribution in [1.82, 2.24) is 0 Å². The molecule has 3 nitrogen and oxygen atoms in total. The molecule has 0 bridgehead atoms. The second-order valence-corrected chi connectivity index (χ2v) is 3.30. The van der Waals surface area contributed by atoms with Gasteiger partial charge in [0.2, 0.25) is 0 Å². The summed E-state index contributed by atoms with van der Waals surface area (Å²) >= 11 is 0. The van der Waals surface area contributed by atoms with Crippen LogP contribution >= 0.6 is 0 Å². The van der Waals surface area contributed by atoms with Crippen molar-refractivity contribution < 1.29 is 14.3 Å². The summed E-state index contributed by atoms with van der Waals surface area (Å²) in [6.07, 6.45) is 5.94. The summed E-state index contributed by atoms with van der Waals surface area (Å²) in [6.45, 7) is 6.11. The van der Waals surface area contributed by atoms with E-state index in [0.717, 1.165) is 11.3 Å². The van der Waals surface area contributed by atoms with Gasteiger partial charge >= 0.3 is 5.97 Å². The van der Waals surface area contributed by atoms with Gasteiger partial charge in [0.25, 0.3) is 0 Å². The van der Waals surface area contributed by atoms with Gasteiger partial charge in [0.05, 0.1) is 20.1 Å². The van der Waals surface area contributed by atoms with Gasteiger partial charge in [0, 0.05) is 5.92 Å². The molecule has 0 aromatic heterocycles. The minimum Gasteiger partial charge on any atom is -0.497 e. The van der Waals surface area contributed by atoms with Crippen LogP contribution in [0.15, 0.2) is 36.1 Å². The number of hydrogen-bond acceptors (Lipinski definition) is 3. The average molecular weight is 208 g/mol. The second-order valence-electron chi connectivity index (χ2n) is 3.30. The Morgan fingerprint density at radius 1 is 1.60 bits per heavy atom. The fourth-order valence-electron chi connectivity index (χ4n) is 1.40. The number of allylic oxidation sites excluding steroid dienone is 4. The van der Waals surface area contributed by atoms with Gasteiger partial charge in [-0.2, -0.15) is 0 Å². The fourth-order valence-corrected chi connectivity index (χ4v) is 1.40. The lowest BCUT2D eigenvalue weighted by molar-refractivity contribution is -0.143. The third-order valence-corrected chi connectivity index (χ3v) is 2.22. The van der Waals surface area contributed by atoms with Gasteiger partial charge in [-0.05, 0) is 24.6 Å². The molecule has 3 heteroatoms. The van der Waals surface area contributed by atoms with Crippen LogP contribution in [-0.4, -0.2) is 19.7 Å². The van der Waals surface area contributed by atoms with E-state index in [9.17, 15) is 4.79 Å². The number of ether oxygens (including phenoxy) is 2. The van der Waals surface area contributed by atoms with Gasteiger partial charge in [-0.3, -0.25) is 4.79 Å². The molecule has 0 radical (unpaired) electrons. The first kappa shape index (κ1) is 11.6. The average Bonchev–Trinajstić information content (AvgIpc) is 2.21. The van der Waals surface area contributed by atoms with Crippen LogP contribution in [0.2, 0.25) is 0 Å². The van der Waals surface area contributed by atoms with Gasteiger partial charge < -0.3 is 9.47 Å². The molecule has 82 valence electrons. The number of rotatable bonds is 4. The third-order valence-electron chi connectivity index (χ3n) is 2.22. The molecule has 0 N–H and O–H groups in total. The van der Waals surface area contributed by atoms with Gasteiger partial charge in [-0.25, -0.2) is 0 Å². The molecular formula is C12H16O3. The minimum absolute atomic E-state index is 0.0305. The first-order chi connectivity index (χ1) is 7.17. The van der Waals surface area contributed by atoms with Gasteiger partial charge in [0.1, 0.15) is 5.76 Å². The molecule has 0 spiro atoms. The summed E-state index contributed by atoms with van der Waals surface area (Å²) in [4.78, 5) is 11.3. The Morgan fingerprint density at radius 2 is 2.33 bits per heavy atom. The first-order valence-electron chi connectivity index (χ1n) is 4.95. The molecule has 0 heterocycles. The van der Waals surface area contributed by atoms with Crippen molar-refractivity contribution >= 4 is 5.97 Å². The van der Waals surface area contributed by atoms with Crippen molar-refractivity contribution in [3.63, 3.8) is 0 Å². The quantitative estimate of drug-likeness (QED) is 0.664. The standard InChI is InChI=1S/C12H16O3/c1-4-15-12(13)8-10-5-6-11(14-3)7-9(10)2/h5-7,10H,2,4,8H2,1,3H3. The summed E-state index contributed by atoms with van der Waals surface area (Å²) in [5, 5.41) is 0. The van der Waals surface area contributed by atoms with Crippen molar-refractivity contribution in [2.24, 2.45) is 5.92 Å². The molecule has 0 saturated carbocycles. The molecule has 1 aliphatic rings. The predicted molar refractivity (Wildman–Crippen MR) is 58.1 cm³/mol. The van der Waals surface area contributed by atoms with E-state index in [2.05, 4.69) is 6.58 Å². The van der Waals surface area contributed by atoms with Crippen LogP contribution in [0, 0.1) is 5.92 Å². The van der Waals surface area contributed by atoms with E-state index < -0.39 is 0 Å². The molecule has 15 heavy (non-hydrogen) atoms. The maximum absolute atomic E-state index is 11.3. The van der Waals surface area contributed by atoms with Crippen LogP contribution in [0.1, 0.15) is 13.3 Å². The molecular weight excluding hydrogens is 192 g/mol. The van der Waals surface area contributed by atoms with Crippen molar-refractivity contribution in [2.75, 3.05) is 13.7 Å². The molecule has 0 aromatic rings. The summed E-state index contributed by atoms with van der Waals surface area (Å²) in [6, 6.07) is 0. The molecule has 1 aliphatic carbocycles. The van der Waals surface area contributed by atoms with Crippen LogP contribution in [0.25, 0.3) is 0 Å². The lowest BCUT2D eigenvalue weighted by Gasteiger charge is -2.17. The van der Waals surface area contributed by atoms with Gasteiger partial charge in [-0.15, -0.1) is 0 Å². The largest absolute Gasteiger partial charge is 0.497 e. The van der Waals surface area contributed by atoms with Crippen LogP contribution in [-0.2, 0) is 14.3 Å². The van der Waals surface area contributed by atoms with Crippen molar-refractivity contribution in [3.8, 4) is 0 Å². The summed E-state index contributed by atoms with van der Waals surface area (Å²) in [5.41, 5.74) is 0.877. The van der Waals surface area contributed by atoms with E-state index in [1.54, 1.807) is 14.0 Å². The number of esters is 1. The summed E-state index contributed by atoms with van der Waals surface area (Å²) in [7, 11) is 1.61. The van der Waals surface area contributed by atoms with E-state index in [1.807, 2.05) is 18.2 Å². The zero-order valence-corrected chi connectivity index (χ0v) is 9.16. The van der Waals surface area contributed by atoms with Crippen molar-refractivity contribution in [3.05, 3.63) is 36.1 Å². The number of carbonyl (C=O) groups is 1.